The van der Waals surface area contributed by atoms with Crippen molar-refractivity contribution < 1.29 is 8.42 Å². The SMILES string of the molecule is CCNC(CS(=O)(=O)Cc1cc(C)cc(C)c1)C(C)C. The van der Waals surface area contributed by atoms with E-state index in [-0.39, 0.29) is 17.5 Å². The Balaban J connectivity index is 2.83. The molecular formula is C16H27NO2S. The van der Waals surface area contributed by atoms with Crippen molar-refractivity contribution >= 4 is 9.84 Å². The summed E-state index contributed by atoms with van der Waals surface area (Å²) in [4.78, 5) is 0. The first-order valence-electron chi connectivity index (χ1n) is 7.24. The van der Waals surface area contributed by atoms with Crippen molar-refractivity contribution in [3.05, 3.63) is 34.9 Å². The quantitative estimate of drug-likeness (QED) is 0.842. The zero-order valence-corrected chi connectivity index (χ0v) is 14.0. The van der Waals surface area contributed by atoms with Crippen LogP contribution in [0.2, 0.25) is 0 Å². The van der Waals surface area contributed by atoms with Gasteiger partial charge in [0.15, 0.2) is 9.84 Å². The average molecular weight is 297 g/mol. The van der Waals surface area contributed by atoms with Crippen LogP contribution in [0.1, 0.15) is 37.5 Å². The molecular weight excluding hydrogens is 270 g/mol. The maximum absolute atomic E-state index is 12.4. The summed E-state index contributed by atoms with van der Waals surface area (Å²) in [6, 6.07) is 6.01. The molecule has 1 rings (SSSR count). The van der Waals surface area contributed by atoms with Gasteiger partial charge in [0.05, 0.1) is 11.5 Å². The lowest BCUT2D eigenvalue weighted by Gasteiger charge is -2.21. The zero-order chi connectivity index (χ0) is 15.3. The Morgan fingerprint density at radius 2 is 1.65 bits per heavy atom. The number of sulfone groups is 1. The van der Waals surface area contributed by atoms with Crippen molar-refractivity contribution in [2.75, 3.05) is 12.3 Å². The minimum absolute atomic E-state index is 0.0240. The minimum Gasteiger partial charge on any atom is -0.313 e. The molecule has 0 amide bonds. The van der Waals surface area contributed by atoms with Crippen LogP contribution in [0.4, 0.5) is 0 Å². The van der Waals surface area contributed by atoms with Gasteiger partial charge in [-0.1, -0.05) is 50.1 Å². The molecule has 0 aliphatic rings. The Hall–Kier alpha value is -0.870. The molecule has 0 spiro atoms. The largest absolute Gasteiger partial charge is 0.313 e. The molecule has 0 radical (unpaired) electrons. The molecule has 1 aromatic rings. The summed E-state index contributed by atoms with van der Waals surface area (Å²) in [5.74, 6) is 0.638. The number of hydrogen-bond donors (Lipinski definition) is 1. The average Bonchev–Trinajstić information content (AvgIpc) is 2.25. The van der Waals surface area contributed by atoms with Gasteiger partial charge in [-0.2, -0.15) is 0 Å². The highest BCUT2D eigenvalue weighted by atomic mass is 32.2. The molecule has 0 saturated carbocycles. The van der Waals surface area contributed by atoms with E-state index in [1.54, 1.807) is 0 Å². The molecule has 1 unspecified atom stereocenters. The topological polar surface area (TPSA) is 46.2 Å². The first-order chi connectivity index (χ1) is 9.23. The molecule has 20 heavy (non-hydrogen) atoms. The lowest BCUT2D eigenvalue weighted by atomic mass is 10.1. The summed E-state index contributed by atoms with van der Waals surface area (Å²) in [5, 5.41) is 3.27. The van der Waals surface area contributed by atoms with E-state index in [1.165, 1.54) is 0 Å². The van der Waals surface area contributed by atoms with Crippen molar-refractivity contribution in [2.45, 2.75) is 46.4 Å². The zero-order valence-electron chi connectivity index (χ0n) is 13.2. The highest BCUT2D eigenvalue weighted by Crippen LogP contribution is 2.14. The lowest BCUT2D eigenvalue weighted by Crippen LogP contribution is -2.40. The standard InChI is InChI=1S/C16H27NO2S/c1-6-17-16(12(2)3)11-20(18,19)10-15-8-13(4)7-14(5)9-15/h7-9,12,16-17H,6,10-11H2,1-5H3. The van der Waals surface area contributed by atoms with Crippen LogP contribution in [0.15, 0.2) is 18.2 Å². The predicted octanol–water partition coefficient (Wildman–Crippen LogP) is 2.85. The molecule has 1 N–H and O–H groups in total. The first-order valence-corrected chi connectivity index (χ1v) is 9.06. The van der Waals surface area contributed by atoms with E-state index in [0.29, 0.717) is 5.92 Å². The van der Waals surface area contributed by atoms with Crippen molar-refractivity contribution in [1.29, 1.82) is 0 Å². The molecule has 0 aliphatic heterocycles. The third-order valence-corrected chi connectivity index (χ3v) is 5.01. The summed E-state index contributed by atoms with van der Waals surface area (Å²) in [6.07, 6.45) is 0. The van der Waals surface area contributed by atoms with E-state index in [1.807, 2.05) is 32.9 Å². The minimum atomic E-state index is -3.10. The Labute approximate surface area is 123 Å². The molecule has 3 nitrogen and oxygen atoms in total. The molecule has 0 aliphatic carbocycles. The van der Waals surface area contributed by atoms with Gasteiger partial charge in [0.1, 0.15) is 0 Å². The molecule has 0 heterocycles. The molecule has 0 aromatic heterocycles. The Kier molecular flexibility index (Phi) is 6.21. The molecule has 4 heteroatoms. The molecule has 0 saturated heterocycles. The Morgan fingerprint density at radius 3 is 2.10 bits per heavy atom. The predicted molar refractivity (Wildman–Crippen MR) is 85.7 cm³/mol. The summed E-state index contributed by atoms with van der Waals surface area (Å²) >= 11 is 0. The van der Waals surface area contributed by atoms with Crippen LogP contribution in [-0.4, -0.2) is 26.8 Å². The number of rotatable bonds is 7. The third kappa shape index (κ3) is 5.63. The summed E-state index contributed by atoms with van der Waals surface area (Å²) in [5.41, 5.74) is 3.12. The van der Waals surface area contributed by atoms with Crippen LogP contribution < -0.4 is 5.32 Å². The summed E-state index contributed by atoms with van der Waals surface area (Å²) in [6.45, 7) is 10.9. The van der Waals surface area contributed by atoms with Gasteiger partial charge in [0, 0.05) is 6.04 Å². The van der Waals surface area contributed by atoms with Crippen LogP contribution in [0, 0.1) is 19.8 Å². The van der Waals surface area contributed by atoms with Gasteiger partial charge in [-0.25, -0.2) is 8.42 Å². The van der Waals surface area contributed by atoms with Crippen LogP contribution in [0.25, 0.3) is 0 Å². The highest BCUT2D eigenvalue weighted by molar-refractivity contribution is 7.90. The van der Waals surface area contributed by atoms with Gasteiger partial charge in [-0.15, -0.1) is 0 Å². The van der Waals surface area contributed by atoms with E-state index in [0.717, 1.165) is 23.2 Å². The fraction of sp³-hybridized carbons (Fsp3) is 0.625. The fourth-order valence-corrected chi connectivity index (χ4v) is 4.33. The summed E-state index contributed by atoms with van der Waals surface area (Å²) in [7, 11) is -3.10. The van der Waals surface area contributed by atoms with Crippen molar-refractivity contribution in [1.82, 2.24) is 5.32 Å². The van der Waals surface area contributed by atoms with Crippen LogP contribution in [-0.2, 0) is 15.6 Å². The summed E-state index contributed by atoms with van der Waals surface area (Å²) < 4.78 is 24.7. The Morgan fingerprint density at radius 1 is 1.10 bits per heavy atom. The van der Waals surface area contributed by atoms with Crippen molar-refractivity contribution in [3.63, 3.8) is 0 Å². The van der Waals surface area contributed by atoms with Crippen LogP contribution in [0.5, 0.6) is 0 Å². The van der Waals surface area contributed by atoms with Crippen molar-refractivity contribution in [2.24, 2.45) is 5.92 Å². The normalized spacial score (nSPS) is 13.7. The van der Waals surface area contributed by atoms with Gasteiger partial charge in [0.2, 0.25) is 0 Å². The molecule has 1 atom stereocenters. The number of aryl methyl sites for hydroxylation is 2. The maximum Gasteiger partial charge on any atom is 0.155 e. The molecule has 0 bridgehead atoms. The smallest absolute Gasteiger partial charge is 0.155 e. The van der Waals surface area contributed by atoms with Crippen LogP contribution >= 0.6 is 0 Å². The van der Waals surface area contributed by atoms with Gasteiger partial charge < -0.3 is 5.32 Å². The monoisotopic (exact) mass is 297 g/mol. The van der Waals surface area contributed by atoms with Gasteiger partial charge >= 0.3 is 0 Å². The van der Waals surface area contributed by atoms with E-state index >= 15 is 0 Å². The first kappa shape index (κ1) is 17.2. The van der Waals surface area contributed by atoms with Crippen LogP contribution in [0.3, 0.4) is 0 Å². The van der Waals surface area contributed by atoms with Gasteiger partial charge in [0.25, 0.3) is 0 Å². The van der Waals surface area contributed by atoms with E-state index in [4.69, 9.17) is 0 Å². The number of nitrogens with one attached hydrogen (secondary N) is 1. The molecule has 0 fully saturated rings. The van der Waals surface area contributed by atoms with E-state index in [2.05, 4.69) is 25.2 Å². The second-order valence-corrected chi connectivity index (χ2v) is 8.07. The Bertz CT molecular complexity index is 515. The number of benzene rings is 1. The third-order valence-electron chi connectivity index (χ3n) is 3.37. The fourth-order valence-electron chi connectivity index (χ4n) is 2.49. The maximum atomic E-state index is 12.4. The molecule has 114 valence electrons. The van der Waals surface area contributed by atoms with E-state index in [9.17, 15) is 8.42 Å². The second kappa shape index (κ2) is 7.23. The highest BCUT2D eigenvalue weighted by Gasteiger charge is 2.21. The molecule has 1 aromatic carbocycles. The van der Waals surface area contributed by atoms with Gasteiger partial charge in [-0.05, 0) is 31.9 Å². The van der Waals surface area contributed by atoms with Crippen molar-refractivity contribution in [3.8, 4) is 0 Å². The van der Waals surface area contributed by atoms with E-state index < -0.39 is 9.84 Å². The lowest BCUT2D eigenvalue weighted by molar-refractivity contribution is 0.434. The van der Waals surface area contributed by atoms with Gasteiger partial charge in [-0.3, -0.25) is 0 Å². The second-order valence-electron chi connectivity index (χ2n) is 5.96. The number of hydrogen-bond acceptors (Lipinski definition) is 3.